The lowest BCUT2D eigenvalue weighted by molar-refractivity contribution is -0.110. The van der Waals surface area contributed by atoms with Crippen molar-refractivity contribution in [1.82, 2.24) is 0 Å². The molecule has 0 fully saturated rings. The predicted molar refractivity (Wildman–Crippen MR) is 59.0 cm³/mol. The molecule has 80 valence electrons. The van der Waals surface area contributed by atoms with E-state index in [4.69, 9.17) is 23.2 Å². The molecule has 0 amide bonds. The monoisotopic (exact) mass is 248 g/mol. The van der Waals surface area contributed by atoms with Gasteiger partial charge in [0.1, 0.15) is 0 Å². The highest BCUT2D eigenvalue weighted by atomic mass is 35.5. The molecular weight excluding hydrogens is 242 g/mol. The van der Waals surface area contributed by atoms with E-state index in [0.29, 0.717) is 0 Å². The number of carbonyl (C=O) groups is 1. The normalized spacial score (nSPS) is 11.3. The Balaban J connectivity index is 2.87. The highest BCUT2D eigenvalue weighted by molar-refractivity contribution is 6.82. The number of hydrogen-bond acceptors (Lipinski definition) is 3. The molecule has 1 aromatic rings. The summed E-state index contributed by atoms with van der Waals surface area (Å²) < 4.78 is 13.3. The third-order valence-electron chi connectivity index (χ3n) is 1.52. The number of rotatable bonds is 3. The molecule has 1 N–H and O–H groups in total. The fraction of sp³-hybridized carbons (Fsp3) is 0.111. The summed E-state index contributed by atoms with van der Waals surface area (Å²) in [6, 6.07) is 4.37. The van der Waals surface area contributed by atoms with Gasteiger partial charge >= 0.3 is 0 Å². The van der Waals surface area contributed by atoms with Crippen molar-refractivity contribution in [2.75, 3.05) is 5.43 Å². The highest BCUT2D eigenvalue weighted by Gasteiger charge is 2.06. The van der Waals surface area contributed by atoms with Gasteiger partial charge in [-0.1, -0.05) is 29.3 Å². The maximum absolute atomic E-state index is 13.3. The largest absolute Gasteiger partial charge is 0.292 e. The number of Topliss-reactive ketones (excluding diaryl/α,β-unsaturated/α-hetero) is 1. The number of halogens is 3. The Bertz CT molecular complexity index is 421. The van der Waals surface area contributed by atoms with Crippen LogP contribution in [0.2, 0.25) is 5.02 Å². The zero-order valence-corrected chi connectivity index (χ0v) is 9.23. The average Bonchev–Trinajstić information content (AvgIpc) is 2.19. The number of hydrazone groups is 1. The standard InChI is InChI=1S/C9H7Cl2FN2O/c1-5(15)9(11)14-13-7-4-2-3-6(10)8(7)12/h2-4,13H,1H3/b14-9-. The van der Waals surface area contributed by atoms with Crippen LogP contribution in [-0.2, 0) is 4.79 Å². The highest BCUT2D eigenvalue weighted by Crippen LogP contribution is 2.21. The molecule has 0 unspecified atom stereocenters. The number of nitrogens with one attached hydrogen (secondary N) is 1. The van der Waals surface area contributed by atoms with Gasteiger partial charge in [-0.25, -0.2) is 4.39 Å². The number of hydrogen-bond donors (Lipinski definition) is 1. The predicted octanol–water partition coefficient (Wildman–Crippen LogP) is 3.03. The van der Waals surface area contributed by atoms with E-state index >= 15 is 0 Å². The summed E-state index contributed by atoms with van der Waals surface area (Å²) in [5.74, 6) is -1.05. The van der Waals surface area contributed by atoms with Crippen LogP contribution in [0.5, 0.6) is 0 Å². The summed E-state index contributed by atoms with van der Waals surface area (Å²) in [5, 5.41) is 3.19. The van der Waals surface area contributed by atoms with Gasteiger partial charge < -0.3 is 0 Å². The summed E-state index contributed by atoms with van der Waals surface area (Å²) in [6.07, 6.45) is 0. The summed E-state index contributed by atoms with van der Waals surface area (Å²) >= 11 is 11.0. The fourth-order valence-corrected chi connectivity index (χ4v) is 0.995. The molecule has 0 bridgehead atoms. The average molecular weight is 249 g/mol. The van der Waals surface area contributed by atoms with Crippen LogP contribution in [0.1, 0.15) is 6.92 Å². The lowest BCUT2D eigenvalue weighted by Crippen LogP contribution is -2.05. The minimum absolute atomic E-state index is 0.0332. The van der Waals surface area contributed by atoms with Crippen LogP contribution in [0.4, 0.5) is 10.1 Å². The second-order valence-electron chi connectivity index (χ2n) is 2.67. The first-order valence-corrected chi connectivity index (χ1v) is 4.72. The van der Waals surface area contributed by atoms with E-state index in [1.165, 1.54) is 19.1 Å². The van der Waals surface area contributed by atoms with Crippen molar-refractivity contribution in [2.45, 2.75) is 6.92 Å². The summed E-state index contributed by atoms with van der Waals surface area (Å²) in [7, 11) is 0. The summed E-state index contributed by atoms with van der Waals surface area (Å²) in [6.45, 7) is 1.25. The van der Waals surface area contributed by atoms with Crippen molar-refractivity contribution in [3.8, 4) is 0 Å². The van der Waals surface area contributed by atoms with E-state index in [0.717, 1.165) is 0 Å². The van der Waals surface area contributed by atoms with Gasteiger partial charge in [0.25, 0.3) is 0 Å². The fourth-order valence-electron chi connectivity index (χ4n) is 0.778. The van der Waals surface area contributed by atoms with E-state index in [2.05, 4.69) is 10.5 Å². The Morgan fingerprint density at radius 2 is 2.20 bits per heavy atom. The second-order valence-corrected chi connectivity index (χ2v) is 3.44. The molecule has 0 aliphatic rings. The molecule has 0 aliphatic carbocycles. The maximum Gasteiger partial charge on any atom is 0.191 e. The maximum atomic E-state index is 13.3. The number of anilines is 1. The van der Waals surface area contributed by atoms with E-state index in [1.807, 2.05) is 0 Å². The quantitative estimate of drug-likeness (QED) is 0.660. The number of benzene rings is 1. The van der Waals surface area contributed by atoms with Crippen molar-refractivity contribution in [1.29, 1.82) is 0 Å². The molecule has 0 atom stereocenters. The Morgan fingerprint density at radius 1 is 1.53 bits per heavy atom. The smallest absolute Gasteiger partial charge is 0.191 e. The van der Waals surface area contributed by atoms with E-state index < -0.39 is 11.6 Å². The first-order valence-electron chi connectivity index (χ1n) is 3.96. The third kappa shape index (κ3) is 3.18. The van der Waals surface area contributed by atoms with Crippen LogP contribution in [0.15, 0.2) is 23.3 Å². The van der Waals surface area contributed by atoms with Crippen LogP contribution in [0.25, 0.3) is 0 Å². The molecule has 1 aromatic carbocycles. The van der Waals surface area contributed by atoms with E-state index in [-0.39, 0.29) is 15.9 Å². The van der Waals surface area contributed by atoms with Gasteiger partial charge in [-0.15, -0.1) is 0 Å². The van der Waals surface area contributed by atoms with Gasteiger partial charge in [-0.2, -0.15) is 5.10 Å². The summed E-state index contributed by atoms with van der Waals surface area (Å²) in [4.78, 5) is 10.7. The molecule has 0 saturated heterocycles. The minimum Gasteiger partial charge on any atom is -0.292 e. The lowest BCUT2D eigenvalue weighted by atomic mass is 10.3. The molecule has 1 rings (SSSR count). The van der Waals surface area contributed by atoms with Crippen LogP contribution in [0.3, 0.4) is 0 Å². The molecule has 15 heavy (non-hydrogen) atoms. The Morgan fingerprint density at radius 3 is 2.80 bits per heavy atom. The van der Waals surface area contributed by atoms with E-state index in [9.17, 15) is 9.18 Å². The Labute approximate surface area is 95.9 Å². The molecule has 0 heterocycles. The molecule has 6 heteroatoms. The van der Waals surface area contributed by atoms with Crippen molar-refractivity contribution in [2.24, 2.45) is 5.10 Å². The summed E-state index contributed by atoms with van der Waals surface area (Å²) in [5.41, 5.74) is 2.37. The molecule has 0 aliphatic heterocycles. The number of nitrogens with zero attached hydrogens (tertiary/aromatic N) is 1. The topological polar surface area (TPSA) is 41.5 Å². The molecule has 3 nitrogen and oxygen atoms in total. The molecule has 0 spiro atoms. The molecule has 0 aromatic heterocycles. The van der Waals surface area contributed by atoms with Gasteiger partial charge in [0.2, 0.25) is 0 Å². The first-order chi connectivity index (χ1) is 7.02. The van der Waals surface area contributed by atoms with E-state index in [1.54, 1.807) is 6.07 Å². The minimum atomic E-state index is -0.643. The zero-order chi connectivity index (χ0) is 11.4. The van der Waals surface area contributed by atoms with Gasteiger partial charge in [0.05, 0.1) is 10.7 Å². The van der Waals surface area contributed by atoms with Crippen LogP contribution >= 0.6 is 23.2 Å². The van der Waals surface area contributed by atoms with Crippen molar-refractivity contribution >= 4 is 39.8 Å². The van der Waals surface area contributed by atoms with Crippen LogP contribution in [-0.4, -0.2) is 11.0 Å². The van der Waals surface area contributed by atoms with Gasteiger partial charge in [0, 0.05) is 6.92 Å². The third-order valence-corrected chi connectivity index (χ3v) is 2.16. The first kappa shape index (κ1) is 11.9. The van der Waals surface area contributed by atoms with Gasteiger partial charge in [0.15, 0.2) is 16.8 Å². The molecular formula is C9H7Cl2FN2O. The van der Waals surface area contributed by atoms with Crippen molar-refractivity contribution < 1.29 is 9.18 Å². The molecule has 0 radical (unpaired) electrons. The van der Waals surface area contributed by atoms with Gasteiger partial charge in [-0.05, 0) is 12.1 Å². The van der Waals surface area contributed by atoms with Crippen LogP contribution < -0.4 is 5.43 Å². The van der Waals surface area contributed by atoms with Crippen molar-refractivity contribution in [3.05, 3.63) is 29.0 Å². The Kier molecular flexibility index (Phi) is 4.05. The number of carbonyl (C=O) groups excluding carboxylic acids is 1. The van der Waals surface area contributed by atoms with Crippen molar-refractivity contribution in [3.63, 3.8) is 0 Å². The van der Waals surface area contributed by atoms with Gasteiger partial charge in [-0.3, -0.25) is 10.2 Å². The number of ketones is 1. The lowest BCUT2D eigenvalue weighted by Gasteiger charge is -2.03. The zero-order valence-electron chi connectivity index (χ0n) is 7.72. The van der Waals surface area contributed by atoms with Crippen LogP contribution in [0, 0.1) is 5.82 Å². The molecule has 0 saturated carbocycles. The Hall–Kier alpha value is -1.13. The second kappa shape index (κ2) is 5.09. The SMILES string of the molecule is CC(=O)/C(Cl)=N/Nc1cccc(Cl)c1F.